The van der Waals surface area contributed by atoms with Crippen LogP contribution in [0.25, 0.3) is 10.9 Å². The summed E-state index contributed by atoms with van der Waals surface area (Å²) in [5, 5.41) is 1.16. The van der Waals surface area contributed by atoms with E-state index in [1.807, 2.05) is 24.0 Å². The van der Waals surface area contributed by atoms with Crippen molar-refractivity contribution in [2.75, 3.05) is 27.4 Å². The molecule has 0 fully saturated rings. The lowest BCUT2D eigenvalue weighted by Gasteiger charge is -2.35. The average molecular weight is 408 g/mol. The molecule has 0 aliphatic carbocycles. The molecule has 3 aromatic rings. The van der Waals surface area contributed by atoms with Crippen molar-refractivity contribution in [3.63, 3.8) is 0 Å². The monoisotopic (exact) mass is 408 g/mol. The molecule has 6 nitrogen and oxygen atoms in total. The summed E-state index contributed by atoms with van der Waals surface area (Å²) in [7, 11) is 3.34. The zero-order valence-corrected chi connectivity index (χ0v) is 17.7. The number of ether oxygens (including phenoxy) is 3. The van der Waals surface area contributed by atoms with Crippen LogP contribution in [0.1, 0.15) is 36.1 Å². The molecule has 1 N–H and O–H groups in total. The van der Waals surface area contributed by atoms with Crippen LogP contribution in [0.4, 0.5) is 0 Å². The summed E-state index contributed by atoms with van der Waals surface area (Å²) in [6.07, 6.45) is 5.51. The van der Waals surface area contributed by atoms with Gasteiger partial charge < -0.3 is 24.1 Å². The molecule has 6 heteroatoms. The number of nitrogens with zero attached hydrogens (tertiary/aromatic N) is 1. The number of benzene rings is 2. The van der Waals surface area contributed by atoms with Crippen LogP contribution in [-0.2, 0) is 17.6 Å². The predicted molar refractivity (Wildman–Crippen MR) is 117 cm³/mol. The molecule has 1 aliphatic rings. The van der Waals surface area contributed by atoms with Gasteiger partial charge in [0.1, 0.15) is 5.75 Å². The van der Waals surface area contributed by atoms with Crippen LogP contribution < -0.4 is 14.2 Å². The van der Waals surface area contributed by atoms with Crippen molar-refractivity contribution in [3.05, 3.63) is 53.2 Å². The largest absolute Gasteiger partial charge is 0.497 e. The zero-order chi connectivity index (χ0) is 21.1. The maximum absolute atomic E-state index is 11.8. The molecule has 1 atom stereocenters. The Morgan fingerprint density at radius 2 is 2.03 bits per heavy atom. The number of nitrogens with one attached hydrogen (secondary N) is 1. The van der Waals surface area contributed by atoms with Gasteiger partial charge in [-0.15, -0.1) is 0 Å². The van der Waals surface area contributed by atoms with Crippen LogP contribution in [0.3, 0.4) is 0 Å². The second kappa shape index (κ2) is 8.69. The quantitative estimate of drug-likeness (QED) is 0.566. The summed E-state index contributed by atoms with van der Waals surface area (Å²) < 4.78 is 16.7. The van der Waals surface area contributed by atoms with Gasteiger partial charge in [-0.05, 0) is 73.2 Å². The number of aromatic amines is 1. The van der Waals surface area contributed by atoms with E-state index in [-0.39, 0.29) is 6.04 Å². The summed E-state index contributed by atoms with van der Waals surface area (Å²) >= 11 is 0. The fourth-order valence-electron chi connectivity index (χ4n) is 4.39. The van der Waals surface area contributed by atoms with Gasteiger partial charge >= 0.3 is 0 Å². The van der Waals surface area contributed by atoms with Crippen LogP contribution in [0.2, 0.25) is 0 Å². The highest BCUT2D eigenvalue weighted by molar-refractivity contribution is 5.84. The van der Waals surface area contributed by atoms with Crippen LogP contribution in [-0.4, -0.2) is 43.7 Å². The average Bonchev–Trinajstić information content (AvgIpc) is 3.19. The fraction of sp³-hybridized carbons (Fsp3) is 0.375. The number of methoxy groups -OCH3 is 2. The molecular weight excluding hydrogens is 380 g/mol. The topological polar surface area (TPSA) is 63.8 Å². The summed E-state index contributed by atoms with van der Waals surface area (Å²) in [6.45, 7) is 3.23. The van der Waals surface area contributed by atoms with Gasteiger partial charge in [-0.25, -0.2) is 0 Å². The Morgan fingerprint density at radius 3 is 2.77 bits per heavy atom. The van der Waals surface area contributed by atoms with Gasteiger partial charge in [0.25, 0.3) is 0 Å². The second-order valence-corrected chi connectivity index (χ2v) is 7.51. The number of fused-ring (bicyclic) bond motifs is 2. The molecule has 2 heterocycles. The lowest BCUT2D eigenvalue weighted by atomic mass is 9.88. The van der Waals surface area contributed by atoms with E-state index < -0.39 is 0 Å². The minimum atomic E-state index is 0.00641. The Kier molecular flexibility index (Phi) is 5.84. The van der Waals surface area contributed by atoms with Gasteiger partial charge in [0.05, 0.1) is 26.9 Å². The molecule has 0 radical (unpaired) electrons. The Balaban J connectivity index is 1.65. The Hall–Kier alpha value is -3.15. The smallest absolute Gasteiger partial charge is 0.210 e. The van der Waals surface area contributed by atoms with Crippen LogP contribution >= 0.6 is 0 Å². The van der Waals surface area contributed by atoms with Crippen LogP contribution in [0.15, 0.2) is 36.5 Å². The molecule has 0 bridgehead atoms. The van der Waals surface area contributed by atoms with Gasteiger partial charge in [0.2, 0.25) is 6.41 Å². The first-order valence-electron chi connectivity index (χ1n) is 10.4. The van der Waals surface area contributed by atoms with E-state index in [1.54, 1.807) is 14.2 Å². The molecule has 4 rings (SSSR count). The normalized spacial score (nSPS) is 15.7. The lowest BCUT2D eigenvalue weighted by Crippen LogP contribution is -2.34. The van der Waals surface area contributed by atoms with E-state index in [1.165, 1.54) is 11.1 Å². The third-order valence-electron chi connectivity index (χ3n) is 5.92. The van der Waals surface area contributed by atoms with Gasteiger partial charge in [-0.1, -0.05) is 0 Å². The number of hydrogen-bond donors (Lipinski definition) is 1. The minimum Gasteiger partial charge on any atom is -0.497 e. The van der Waals surface area contributed by atoms with Crippen molar-refractivity contribution in [1.29, 1.82) is 0 Å². The highest BCUT2D eigenvalue weighted by Gasteiger charge is 2.28. The second-order valence-electron chi connectivity index (χ2n) is 7.51. The summed E-state index contributed by atoms with van der Waals surface area (Å²) in [6, 6.07) is 10.2. The van der Waals surface area contributed by atoms with Crippen molar-refractivity contribution in [1.82, 2.24) is 9.88 Å². The maximum atomic E-state index is 11.8. The van der Waals surface area contributed by atoms with Crippen LogP contribution in [0.5, 0.6) is 17.2 Å². The molecule has 0 saturated carbocycles. The number of amides is 1. The number of aromatic nitrogens is 1. The van der Waals surface area contributed by atoms with E-state index in [9.17, 15) is 4.79 Å². The van der Waals surface area contributed by atoms with Crippen LogP contribution in [0, 0.1) is 0 Å². The summed E-state index contributed by atoms with van der Waals surface area (Å²) in [5.74, 6) is 2.32. The third kappa shape index (κ3) is 3.70. The number of H-pyrrole nitrogens is 1. The Labute approximate surface area is 176 Å². The zero-order valence-electron chi connectivity index (χ0n) is 17.7. The van der Waals surface area contributed by atoms with Gasteiger partial charge in [0.15, 0.2) is 11.5 Å². The van der Waals surface area contributed by atoms with Gasteiger partial charge in [-0.2, -0.15) is 0 Å². The van der Waals surface area contributed by atoms with E-state index >= 15 is 0 Å². The first-order chi connectivity index (χ1) is 14.7. The standard InChI is InChI=1S/C24H28N2O4/c1-4-30-24-13-20-16(11-23(24)29-3)9-10-26(15-27)22(20)8-5-17-14-25-21-7-6-18(28-2)12-19(17)21/h6-7,11-15,22,25H,4-5,8-10H2,1-3H3/t22-/m1/s1. The SMILES string of the molecule is CCOc1cc2c(cc1OC)CCN(C=O)[C@@H]2CCc1c[nH]c2ccc(OC)cc12. The van der Waals surface area contributed by atoms with Crippen molar-refractivity contribution >= 4 is 17.3 Å². The summed E-state index contributed by atoms with van der Waals surface area (Å²) in [5.41, 5.74) is 4.68. The van der Waals surface area contributed by atoms with Crippen molar-refractivity contribution in [2.24, 2.45) is 0 Å². The van der Waals surface area contributed by atoms with Crippen molar-refractivity contribution in [3.8, 4) is 17.2 Å². The number of rotatable bonds is 8. The predicted octanol–water partition coefficient (Wildman–Crippen LogP) is 4.27. The van der Waals surface area contributed by atoms with Gasteiger partial charge in [-0.3, -0.25) is 4.79 Å². The van der Waals surface area contributed by atoms with E-state index in [2.05, 4.69) is 29.4 Å². The first kappa shape index (κ1) is 20.1. The molecule has 0 unspecified atom stereocenters. The molecule has 1 amide bonds. The fourth-order valence-corrected chi connectivity index (χ4v) is 4.39. The molecule has 2 aromatic carbocycles. The lowest BCUT2D eigenvalue weighted by molar-refractivity contribution is -0.120. The maximum Gasteiger partial charge on any atom is 0.210 e. The number of hydrogen-bond acceptors (Lipinski definition) is 4. The van der Waals surface area contributed by atoms with E-state index in [0.717, 1.165) is 59.4 Å². The number of aryl methyl sites for hydroxylation is 1. The Morgan fingerprint density at radius 1 is 1.17 bits per heavy atom. The molecule has 1 aliphatic heterocycles. The molecule has 30 heavy (non-hydrogen) atoms. The molecular formula is C24H28N2O4. The number of carbonyl (C=O) groups is 1. The van der Waals surface area contributed by atoms with E-state index in [0.29, 0.717) is 13.2 Å². The third-order valence-corrected chi connectivity index (χ3v) is 5.92. The molecule has 0 spiro atoms. The molecule has 1 aromatic heterocycles. The van der Waals surface area contributed by atoms with Gasteiger partial charge in [0, 0.05) is 23.6 Å². The Bertz CT molecular complexity index is 1040. The molecule has 158 valence electrons. The summed E-state index contributed by atoms with van der Waals surface area (Å²) in [4.78, 5) is 17.1. The van der Waals surface area contributed by atoms with Crippen molar-refractivity contribution < 1.29 is 19.0 Å². The number of carbonyl (C=O) groups excluding carboxylic acids is 1. The van der Waals surface area contributed by atoms with E-state index in [4.69, 9.17) is 14.2 Å². The van der Waals surface area contributed by atoms with Crippen molar-refractivity contribution in [2.45, 2.75) is 32.2 Å². The highest BCUT2D eigenvalue weighted by atomic mass is 16.5. The first-order valence-corrected chi connectivity index (χ1v) is 10.4. The highest BCUT2D eigenvalue weighted by Crippen LogP contribution is 2.40. The molecule has 0 saturated heterocycles. The minimum absolute atomic E-state index is 0.00641.